The number of nitro benzene ring substituents is 1. The van der Waals surface area contributed by atoms with Gasteiger partial charge in [-0.05, 0) is 48.6 Å². The van der Waals surface area contributed by atoms with Gasteiger partial charge in [-0.15, -0.1) is 23.2 Å². The molecule has 2 bridgehead atoms. The molecule has 3 amide bonds. The molecule has 12 heteroatoms. The number of anilines is 2. The lowest BCUT2D eigenvalue weighted by molar-refractivity contribution is -0.384. The van der Waals surface area contributed by atoms with E-state index in [-0.39, 0.29) is 51.3 Å². The van der Waals surface area contributed by atoms with E-state index in [4.69, 9.17) is 27.9 Å². The number of hydrogen-bond donors (Lipinski definition) is 1. The summed E-state index contributed by atoms with van der Waals surface area (Å²) < 4.78 is 5.01. The summed E-state index contributed by atoms with van der Waals surface area (Å²) in [4.78, 5) is 62.0. The predicted octanol–water partition coefficient (Wildman–Crippen LogP) is 3.36. The van der Waals surface area contributed by atoms with E-state index >= 15 is 0 Å². The van der Waals surface area contributed by atoms with Crippen molar-refractivity contribution in [3.8, 4) is 0 Å². The smallest absolute Gasteiger partial charge is 0.338 e. The Kier molecular flexibility index (Phi) is 6.17. The molecule has 0 unspecified atom stereocenters. The fourth-order valence-electron chi connectivity index (χ4n) is 5.46. The standard InChI is InChI=1S/C24H19Cl2N3O7/c25-20-15-9-16(21(20)26)19-18(15)22(31)28(23(19)32)13-6-4-11(5-7-13)24(33)36-10-17(30)27-12-2-1-3-14(8-12)29(34)35/h1-8,15-16,18-21H,9-10H2,(H,27,30)/t15-,16-,18-,19+,20+,21+/m1/s1. The number of nitrogens with zero attached hydrogens (tertiary/aromatic N) is 2. The molecule has 2 aliphatic carbocycles. The quantitative estimate of drug-likeness (QED) is 0.198. The van der Waals surface area contributed by atoms with Gasteiger partial charge in [0.1, 0.15) is 0 Å². The van der Waals surface area contributed by atoms with E-state index in [2.05, 4.69) is 5.32 Å². The molecule has 0 spiro atoms. The molecule has 1 saturated heterocycles. The molecule has 10 nitrogen and oxygen atoms in total. The number of ether oxygens (including phenoxy) is 1. The van der Waals surface area contributed by atoms with Crippen LogP contribution in [0, 0.1) is 33.8 Å². The highest BCUT2D eigenvalue weighted by atomic mass is 35.5. The van der Waals surface area contributed by atoms with E-state index in [0.29, 0.717) is 12.1 Å². The summed E-state index contributed by atoms with van der Waals surface area (Å²) >= 11 is 12.8. The van der Waals surface area contributed by atoms with E-state index in [9.17, 15) is 29.3 Å². The van der Waals surface area contributed by atoms with E-state index in [1.807, 2.05) is 0 Å². The number of nitro groups is 1. The van der Waals surface area contributed by atoms with Crippen molar-refractivity contribution in [2.24, 2.45) is 23.7 Å². The molecule has 3 aliphatic rings. The van der Waals surface area contributed by atoms with Gasteiger partial charge in [0, 0.05) is 17.8 Å². The van der Waals surface area contributed by atoms with E-state index in [1.54, 1.807) is 0 Å². The van der Waals surface area contributed by atoms with Crippen LogP contribution in [0.4, 0.5) is 17.1 Å². The van der Waals surface area contributed by atoms with Crippen LogP contribution < -0.4 is 10.2 Å². The summed E-state index contributed by atoms with van der Waals surface area (Å²) in [5.74, 6) is -3.30. The summed E-state index contributed by atoms with van der Waals surface area (Å²) in [5, 5.41) is 12.6. The first-order valence-electron chi connectivity index (χ1n) is 11.1. The van der Waals surface area contributed by atoms with Gasteiger partial charge in [-0.2, -0.15) is 0 Å². The van der Waals surface area contributed by atoms with Gasteiger partial charge < -0.3 is 10.1 Å². The molecule has 1 heterocycles. The first-order valence-corrected chi connectivity index (χ1v) is 12.0. The second-order valence-corrected chi connectivity index (χ2v) is 10.0. The molecule has 1 N–H and O–H groups in total. The Bertz CT molecular complexity index is 1250. The number of halogens is 2. The van der Waals surface area contributed by atoms with Crippen LogP contribution in [0.15, 0.2) is 48.5 Å². The summed E-state index contributed by atoms with van der Waals surface area (Å²) in [6, 6.07) is 11.1. The third-order valence-electron chi connectivity index (χ3n) is 7.02. The average molecular weight is 532 g/mol. The Morgan fingerprint density at radius 3 is 2.22 bits per heavy atom. The van der Waals surface area contributed by atoms with Crippen molar-refractivity contribution in [3.63, 3.8) is 0 Å². The number of rotatable bonds is 6. The lowest BCUT2D eigenvalue weighted by Gasteiger charge is -2.28. The number of carbonyl (C=O) groups is 4. The van der Waals surface area contributed by atoms with Gasteiger partial charge in [-0.1, -0.05) is 6.07 Å². The summed E-state index contributed by atoms with van der Waals surface area (Å²) in [6.45, 7) is -0.613. The summed E-state index contributed by atoms with van der Waals surface area (Å²) in [6.07, 6.45) is 0.669. The molecule has 0 aromatic heterocycles. The summed E-state index contributed by atoms with van der Waals surface area (Å²) in [7, 11) is 0. The van der Waals surface area contributed by atoms with Gasteiger partial charge >= 0.3 is 5.97 Å². The van der Waals surface area contributed by atoms with Crippen LogP contribution in [0.5, 0.6) is 0 Å². The molecule has 6 atom stereocenters. The topological polar surface area (TPSA) is 136 Å². The maximum Gasteiger partial charge on any atom is 0.338 e. The van der Waals surface area contributed by atoms with Crippen LogP contribution in [0.25, 0.3) is 0 Å². The molecule has 0 radical (unpaired) electrons. The van der Waals surface area contributed by atoms with Crippen molar-refractivity contribution in [3.05, 3.63) is 64.2 Å². The number of nitrogens with one attached hydrogen (secondary N) is 1. The number of non-ortho nitro benzene ring substituents is 1. The lowest BCUT2D eigenvalue weighted by atomic mass is 9.80. The molecule has 36 heavy (non-hydrogen) atoms. The highest BCUT2D eigenvalue weighted by Crippen LogP contribution is 2.59. The van der Waals surface area contributed by atoms with Crippen molar-refractivity contribution in [1.82, 2.24) is 0 Å². The zero-order valence-corrected chi connectivity index (χ0v) is 20.0. The molecule has 186 valence electrons. The second kappa shape index (κ2) is 9.18. The molecule has 1 aliphatic heterocycles. The number of fused-ring (bicyclic) bond motifs is 5. The van der Waals surface area contributed by atoms with Crippen LogP contribution in [0.3, 0.4) is 0 Å². The van der Waals surface area contributed by atoms with E-state index in [0.717, 1.165) is 4.90 Å². The van der Waals surface area contributed by atoms with Gasteiger partial charge in [0.05, 0.1) is 38.8 Å². The van der Waals surface area contributed by atoms with Gasteiger partial charge in [0.2, 0.25) is 11.8 Å². The molecule has 5 rings (SSSR count). The highest BCUT2D eigenvalue weighted by Gasteiger charge is 2.66. The number of imide groups is 1. The predicted molar refractivity (Wildman–Crippen MR) is 129 cm³/mol. The Hall–Kier alpha value is -3.50. The second-order valence-electron chi connectivity index (χ2n) is 8.99. The molecular formula is C24H19Cl2N3O7. The minimum atomic E-state index is -0.792. The number of hydrogen-bond acceptors (Lipinski definition) is 7. The maximum absolute atomic E-state index is 13.1. The van der Waals surface area contributed by atoms with Crippen molar-refractivity contribution >= 4 is 64.0 Å². The minimum absolute atomic E-state index is 0.114. The first-order chi connectivity index (χ1) is 17.2. The molecular weight excluding hydrogens is 513 g/mol. The third-order valence-corrected chi connectivity index (χ3v) is 8.34. The SMILES string of the molecule is O=C(COC(=O)c1ccc(N2C(=O)[C@@H]3[C@H]4C[C@@H]([C@H](Cl)[C@H]4Cl)[C@@H]3C2=O)cc1)Nc1cccc([N+](=O)[O-])c1. The third kappa shape index (κ3) is 4.00. The fourth-order valence-corrected chi connectivity index (χ4v) is 6.35. The van der Waals surface area contributed by atoms with Crippen LogP contribution in [0.1, 0.15) is 16.8 Å². The maximum atomic E-state index is 13.1. The number of benzene rings is 2. The molecule has 2 aromatic rings. The van der Waals surface area contributed by atoms with Crippen molar-refractivity contribution in [2.75, 3.05) is 16.8 Å². The molecule has 2 saturated carbocycles. The van der Waals surface area contributed by atoms with Gasteiger partial charge in [-0.25, -0.2) is 4.79 Å². The van der Waals surface area contributed by atoms with Gasteiger partial charge in [-0.3, -0.25) is 29.4 Å². The number of alkyl halides is 2. The Balaban J connectivity index is 1.20. The Morgan fingerprint density at radius 2 is 1.64 bits per heavy atom. The van der Waals surface area contributed by atoms with Gasteiger partial charge in [0.25, 0.3) is 11.6 Å². The average Bonchev–Trinajstić information content (AvgIpc) is 3.47. The number of amides is 3. The highest BCUT2D eigenvalue weighted by molar-refractivity contribution is 6.32. The van der Waals surface area contributed by atoms with Crippen LogP contribution in [-0.2, 0) is 19.1 Å². The van der Waals surface area contributed by atoms with Crippen molar-refractivity contribution < 1.29 is 28.8 Å². The minimum Gasteiger partial charge on any atom is -0.452 e. The Morgan fingerprint density at radius 1 is 1.03 bits per heavy atom. The zero-order chi connectivity index (χ0) is 25.7. The summed E-state index contributed by atoms with van der Waals surface area (Å²) in [5.41, 5.74) is 0.439. The van der Waals surface area contributed by atoms with Crippen LogP contribution in [-0.4, -0.2) is 46.0 Å². The monoisotopic (exact) mass is 531 g/mol. The van der Waals surface area contributed by atoms with Gasteiger partial charge in [0.15, 0.2) is 6.61 Å². The molecule has 3 fully saturated rings. The van der Waals surface area contributed by atoms with Crippen molar-refractivity contribution in [2.45, 2.75) is 17.2 Å². The zero-order valence-electron chi connectivity index (χ0n) is 18.5. The number of carbonyl (C=O) groups excluding carboxylic acids is 4. The Labute approximate surface area is 214 Å². The fraction of sp³-hybridized carbons (Fsp3) is 0.333. The van der Waals surface area contributed by atoms with E-state index < -0.39 is 35.2 Å². The normalized spacial score (nSPS) is 28.2. The largest absolute Gasteiger partial charge is 0.452 e. The lowest BCUT2D eigenvalue weighted by Crippen LogP contribution is -2.37. The first kappa shape index (κ1) is 24.2. The van der Waals surface area contributed by atoms with Crippen LogP contribution in [0.2, 0.25) is 0 Å². The number of esters is 1. The van der Waals surface area contributed by atoms with Crippen molar-refractivity contribution in [1.29, 1.82) is 0 Å². The van der Waals surface area contributed by atoms with Crippen LogP contribution >= 0.6 is 23.2 Å². The van der Waals surface area contributed by atoms with E-state index in [1.165, 1.54) is 48.5 Å². The molecule has 2 aromatic carbocycles.